The molecule has 0 spiro atoms. The van der Waals surface area contributed by atoms with E-state index in [1.807, 2.05) is 66.7 Å². The lowest BCUT2D eigenvalue weighted by Gasteiger charge is -2.24. The number of nitriles is 1. The molecule has 156 valence electrons. The van der Waals surface area contributed by atoms with Crippen molar-refractivity contribution in [3.63, 3.8) is 0 Å². The molecule has 2 aromatic carbocycles. The molecule has 1 fully saturated rings. The molecule has 0 bridgehead atoms. The van der Waals surface area contributed by atoms with Crippen molar-refractivity contribution < 1.29 is 4.79 Å². The number of hydrogen-bond donors (Lipinski definition) is 2. The van der Waals surface area contributed by atoms with Crippen LogP contribution in [-0.4, -0.2) is 17.4 Å². The highest BCUT2D eigenvalue weighted by molar-refractivity contribution is 5.95. The molecule has 5 heteroatoms. The molecular formula is C26H26N4O. The van der Waals surface area contributed by atoms with Crippen LogP contribution in [0.3, 0.4) is 0 Å². The number of hydrogen-bond acceptors (Lipinski definition) is 4. The first-order valence-corrected chi connectivity index (χ1v) is 10.8. The van der Waals surface area contributed by atoms with Gasteiger partial charge in [-0.1, -0.05) is 48.9 Å². The summed E-state index contributed by atoms with van der Waals surface area (Å²) in [6.45, 7) is 0.637. The van der Waals surface area contributed by atoms with Crippen molar-refractivity contribution in [1.29, 1.82) is 5.26 Å². The number of nitrogens with one attached hydrogen (secondary N) is 2. The summed E-state index contributed by atoms with van der Waals surface area (Å²) in [5.41, 5.74) is 4.51. The third-order valence-electron chi connectivity index (χ3n) is 5.82. The highest BCUT2D eigenvalue weighted by Crippen LogP contribution is 2.35. The van der Waals surface area contributed by atoms with Gasteiger partial charge in [-0.15, -0.1) is 0 Å². The number of rotatable bonds is 8. The fourth-order valence-electron chi connectivity index (χ4n) is 3.75. The Labute approximate surface area is 183 Å². The molecule has 4 rings (SSSR count). The second-order valence-electron chi connectivity index (χ2n) is 7.95. The highest BCUT2D eigenvalue weighted by Gasteiger charge is 2.22. The number of amides is 1. The Morgan fingerprint density at radius 1 is 1.06 bits per heavy atom. The summed E-state index contributed by atoms with van der Waals surface area (Å²) < 4.78 is 0. The minimum absolute atomic E-state index is 0.107. The zero-order valence-electron chi connectivity index (χ0n) is 17.4. The highest BCUT2D eigenvalue weighted by atomic mass is 16.2. The van der Waals surface area contributed by atoms with Gasteiger partial charge < -0.3 is 10.6 Å². The molecular weight excluding hydrogens is 384 g/mol. The molecule has 1 atom stereocenters. The van der Waals surface area contributed by atoms with E-state index in [1.54, 1.807) is 6.20 Å². The Bertz CT molecular complexity index is 1040. The van der Waals surface area contributed by atoms with Crippen LogP contribution in [0.5, 0.6) is 0 Å². The summed E-state index contributed by atoms with van der Waals surface area (Å²) in [4.78, 5) is 17.6. The maximum atomic E-state index is 13.1. The molecule has 0 radical (unpaired) electrons. The molecule has 1 saturated carbocycles. The summed E-state index contributed by atoms with van der Waals surface area (Å²) in [6.07, 6.45) is 6.21. The van der Waals surface area contributed by atoms with Crippen LogP contribution in [0.2, 0.25) is 0 Å². The average Bonchev–Trinajstić information content (AvgIpc) is 2.78. The number of anilines is 1. The van der Waals surface area contributed by atoms with E-state index in [4.69, 9.17) is 5.26 Å². The zero-order chi connectivity index (χ0) is 21.5. The zero-order valence-corrected chi connectivity index (χ0v) is 17.4. The fraction of sp³-hybridized carbons (Fsp3) is 0.269. The normalized spacial score (nSPS) is 14.3. The molecule has 3 aromatic rings. The van der Waals surface area contributed by atoms with E-state index in [0.29, 0.717) is 23.7 Å². The van der Waals surface area contributed by atoms with E-state index >= 15 is 0 Å². The second-order valence-corrected chi connectivity index (χ2v) is 7.95. The lowest BCUT2D eigenvalue weighted by molar-refractivity contribution is -0.118. The molecule has 31 heavy (non-hydrogen) atoms. The quantitative estimate of drug-likeness (QED) is 0.563. The van der Waals surface area contributed by atoms with Gasteiger partial charge in [0, 0.05) is 18.2 Å². The van der Waals surface area contributed by atoms with Crippen molar-refractivity contribution in [2.75, 3.05) is 11.9 Å². The predicted octanol–water partition coefficient (Wildman–Crippen LogP) is 4.73. The van der Waals surface area contributed by atoms with Crippen LogP contribution in [0.25, 0.3) is 0 Å². The van der Waals surface area contributed by atoms with Crippen molar-refractivity contribution in [2.24, 2.45) is 0 Å². The van der Waals surface area contributed by atoms with E-state index in [1.165, 1.54) is 19.3 Å². The van der Waals surface area contributed by atoms with Crippen LogP contribution in [0.4, 0.5) is 5.69 Å². The molecule has 0 unspecified atom stereocenters. The van der Waals surface area contributed by atoms with Crippen LogP contribution >= 0.6 is 0 Å². The second kappa shape index (κ2) is 10.0. The summed E-state index contributed by atoms with van der Waals surface area (Å²) in [7, 11) is 0. The first-order chi connectivity index (χ1) is 15.2. The summed E-state index contributed by atoms with van der Waals surface area (Å²) in [6, 6.07) is 22.9. The van der Waals surface area contributed by atoms with Gasteiger partial charge in [0.05, 0.1) is 23.5 Å². The number of pyridine rings is 1. The number of benzene rings is 2. The van der Waals surface area contributed by atoms with Gasteiger partial charge in [-0.05, 0) is 54.7 Å². The summed E-state index contributed by atoms with van der Waals surface area (Å²) in [5.74, 6) is 0.468. The van der Waals surface area contributed by atoms with Crippen molar-refractivity contribution in [3.05, 3.63) is 95.3 Å². The Morgan fingerprint density at radius 3 is 2.45 bits per heavy atom. The first kappa shape index (κ1) is 20.8. The first-order valence-electron chi connectivity index (χ1n) is 10.8. The molecule has 5 nitrogen and oxygen atoms in total. The van der Waals surface area contributed by atoms with Crippen molar-refractivity contribution in [3.8, 4) is 6.07 Å². The van der Waals surface area contributed by atoms with Gasteiger partial charge in [0.1, 0.15) is 6.04 Å². The van der Waals surface area contributed by atoms with Crippen LogP contribution < -0.4 is 10.6 Å². The molecule has 1 aliphatic carbocycles. The van der Waals surface area contributed by atoms with E-state index < -0.39 is 6.04 Å². The molecule has 1 aromatic heterocycles. The van der Waals surface area contributed by atoms with Crippen LogP contribution in [0, 0.1) is 11.3 Å². The SMILES string of the molecule is N#Cc1ccc(CCN[C@H](C(=O)Nc2ccc(C3CCC3)nc2)c2ccccc2)cc1. The largest absolute Gasteiger partial charge is 0.323 e. The van der Waals surface area contributed by atoms with Crippen molar-refractivity contribution in [1.82, 2.24) is 10.3 Å². The molecule has 0 aliphatic heterocycles. The molecule has 0 saturated heterocycles. The molecule has 1 aliphatic rings. The van der Waals surface area contributed by atoms with E-state index in [9.17, 15) is 4.79 Å². The Kier molecular flexibility index (Phi) is 6.71. The summed E-state index contributed by atoms with van der Waals surface area (Å²) >= 11 is 0. The number of carbonyl (C=O) groups excluding carboxylic acids is 1. The number of aromatic nitrogens is 1. The van der Waals surface area contributed by atoms with E-state index in [0.717, 1.165) is 23.2 Å². The van der Waals surface area contributed by atoms with Gasteiger partial charge >= 0.3 is 0 Å². The Morgan fingerprint density at radius 2 is 1.84 bits per heavy atom. The third-order valence-corrected chi connectivity index (χ3v) is 5.82. The maximum absolute atomic E-state index is 13.1. The molecule has 2 N–H and O–H groups in total. The Balaban J connectivity index is 1.40. The monoisotopic (exact) mass is 410 g/mol. The van der Waals surface area contributed by atoms with Gasteiger partial charge in [0.25, 0.3) is 0 Å². The lowest BCUT2D eigenvalue weighted by Crippen LogP contribution is -2.34. The molecule has 1 amide bonds. The molecule has 1 heterocycles. The van der Waals surface area contributed by atoms with Gasteiger partial charge in [-0.25, -0.2) is 0 Å². The summed E-state index contributed by atoms with van der Waals surface area (Å²) in [5, 5.41) is 15.3. The van der Waals surface area contributed by atoms with Crippen molar-refractivity contribution >= 4 is 11.6 Å². The van der Waals surface area contributed by atoms with Crippen LogP contribution in [-0.2, 0) is 11.2 Å². The van der Waals surface area contributed by atoms with E-state index in [2.05, 4.69) is 21.7 Å². The third kappa shape index (κ3) is 5.36. The maximum Gasteiger partial charge on any atom is 0.246 e. The fourth-order valence-corrected chi connectivity index (χ4v) is 3.75. The standard InChI is InChI=1S/C26H26N4O/c27-17-20-11-9-19(10-12-20)15-16-28-25(22-5-2-1-3-6-22)26(31)30-23-13-14-24(29-18-23)21-7-4-8-21/h1-3,5-6,9-14,18,21,25,28H,4,7-8,15-16H2,(H,30,31)/t25-/m0/s1. The van der Waals surface area contributed by atoms with Gasteiger partial charge in [0.2, 0.25) is 5.91 Å². The Hall–Kier alpha value is -3.49. The predicted molar refractivity (Wildman–Crippen MR) is 122 cm³/mol. The average molecular weight is 411 g/mol. The number of nitrogens with zero attached hydrogens (tertiary/aromatic N) is 2. The van der Waals surface area contributed by atoms with Gasteiger partial charge in [-0.2, -0.15) is 5.26 Å². The smallest absolute Gasteiger partial charge is 0.246 e. The van der Waals surface area contributed by atoms with Gasteiger partial charge in [-0.3, -0.25) is 9.78 Å². The minimum Gasteiger partial charge on any atom is -0.323 e. The topological polar surface area (TPSA) is 77.8 Å². The number of carbonyl (C=O) groups is 1. The minimum atomic E-state index is -0.467. The lowest BCUT2D eigenvalue weighted by atomic mass is 9.83. The van der Waals surface area contributed by atoms with E-state index in [-0.39, 0.29) is 5.91 Å². The van der Waals surface area contributed by atoms with Crippen LogP contribution in [0.15, 0.2) is 72.9 Å². The van der Waals surface area contributed by atoms with Crippen molar-refractivity contribution in [2.45, 2.75) is 37.6 Å². The van der Waals surface area contributed by atoms with Gasteiger partial charge in [0.15, 0.2) is 0 Å². The van der Waals surface area contributed by atoms with Crippen LogP contribution in [0.1, 0.15) is 53.6 Å².